The van der Waals surface area contributed by atoms with Crippen molar-refractivity contribution in [2.45, 2.75) is 33.2 Å². The maximum Gasteiger partial charge on any atom is 0.354 e. The zero-order chi connectivity index (χ0) is 16.9. The number of hydrogen-bond donors (Lipinski definition) is 1. The molecule has 130 valence electrons. The highest BCUT2D eigenvalue weighted by atomic mass is 16.5. The first-order chi connectivity index (χ1) is 11.2. The highest BCUT2D eigenvalue weighted by molar-refractivity contribution is 5.85. The molecule has 23 heavy (non-hydrogen) atoms. The zero-order valence-corrected chi connectivity index (χ0v) is 14.2. The lowest BCUT2D eigenvalue weighted by Gasteiger charge is -2.21. The second kappa shape index (κ2) is 12.0. The van der Waals surface area contributed by atoms with E-state index in [1.807, 2.05) is 6.07 Å². The Hall–Kier alpha value is -1.50. The van der Waals surface area contributed by atoms with Crippen LogP contribution in [0.5, 0.6) is 0 Å². The summed E-state index contributed by atoms with van der Waals surface area (Å²) in [5.74, 6) is -0.996. The third kappa shape index (κ3) is 8.64. The molecule has 0 aliphatic heterocycles. The van der Waals surface area contributed by atoms with Crippen LogP contribution in [0.15, 0.2) is 18.2 Å². The van der Waals surface area contributed by atoms with Crippen molar-refractivity contribution >= 4 is 5.97 Å². The van der Waals surface area contributed by atoms with Gasteiger partial charge < -0.3 is 14.6 Å². The standard InChI is InChI=1S/C17H28N2O4/c1-3-8-19(9-11-23-13-12-22-10-4-2)14-15-6-5-7-16(18-15)17(20)21/h5-7H,3-4,8-14H2,1-2H3,(H,20,21). The van der Waals surface area contributed by atoms with E-state index in [2.05, 4.69) is 23.7 Å². The number of rotatable bonds is 13. The summed E-state index contributed by atoms with van der Waals surface area (Å²) in [6.45, 7) is 9.19. The van der Waals surface area contributed by atoms with E-state index in [1.165, 1.54) is 6.07 Å². The average molecular weight is 324 g/mol. The summed E-state index contributed by atoms with van der Waals surface area (Å²) in [6.07, 6.45) is 2.05. The molecule has 0 amide bonds. The molecule has 1 aromatic heterocycles. The predicted octanol–water partition coefficient (Wildman–Crippen LogP) is 2.43. The molecule has 0 aromatic carbocycles. The number of hydrogen-bond acceptors (Lipinski definition) is 5. The normalized spacial score (nSPS) is 11.1. The first kappa shape index (κ1) is 19.5. The summed E-state index contributed by atoms with van der Waals surface area (Å²) in [7, 11) is 0. The molecule has 1 aromatic rings. The van der Waals surface area contributed by atoms with Crippen molar-refractivity contribution in [1.82, 2.24) is 9.88 Å². The third-order valence-corrected chi connectivity index (χ3v) is 3.22. The van der Waals surface area contributed by atoms with E-state index in [4.69, 9.17) is 14.6 Å². The fourth-order valence-corrected chi connectivity index (χ4v) is 2.16. The minimum absolute atomic E-state index is 0.0864. The summed E-state index contributed by atoms with van der Waals surface area (Å²) in [5.41, 5.74) is 0.855. The van der Waals surface area contributed by atoms with Crippen molar-refractivity contribution < 1.29 is 19.4 Å². The topological polar surface area (TPSA) is 71.9 Å². The number of nitrogens with zero attached hydrogens (tertiary/aromatic N) is 2. The number of ether oxygens (including phenoxy) is 2. The van der Waals surface area contributed by atoms with E-state index in [9.17, 15) is 4.79 Å². The minimum Gasteiger partial charge on any atom is -0.477 e. The van der Waals surface area contributed by atoms with Crippen molar-refractivity contribution in [1.29, 1.82) is 0 Å². The van der Waals surface area contributed by atoms with Gasteiger partial charge in [-0.25, -0.2) is 9.78 Å². The van der Waals surface area contributed by atoms with Crippen LogP contribution in [0.4, 0.5) is 0 Å². The number of carboxylic acid groups (broad SMARTS) is 1. The molecule has 0 unspecified atom stereocenters. The summed E-state index contributed by atoms with van der Waals surface area (Å²) in [6, 6.07) is 5.10. The van der Waals surface area contributed by atoms with Crippen LogP contribution in [0.25, 0.3) is 0 Å². The molecule has 1 N–H and O–H groups in total. The van der Waals surface area contributed by atoms with Gasteiger partial charge in [0.25, 0.3) is 0 Å². The fraction of sp³-hybridized carbons (Fsp3) is 0.647. The average Bonchev–Trinajstić information content (AvgIpc) is 2.54. The molecule has 0 radical (unpaired) electrons. The molecule has 6 nitrogen and oxygen atoms in total. The zero-order valence-electron chi connectivity index (χ0n) is 14.2. The largest absolute Gasteiger partial charge is 0.477 e. The molecule has 0 bridgehead atoms. The van der Waals surface area contributed by atoms with E-state index >= 15 is 0 Å². The summed E-state index contributed by atoms with van der Waals surface area (Å²) in [5, 5.41) is 9.00. The number of carbonyl (C=O) groups is 1. The quantitative estimate of drug-likeness (QED) is 0.562. The van der Waals surface area contributed by atoms with Gasteiger partial charge in [0.05, 0.1) is 25.5 Å². The summed E-state index contributed by atoms with van der Waals surface area (Å²) in [4.78, 5) is 17.4. The Morgan fingerprint density at radius 1 is 1.09 bits per heavy atom. The summed E-state index contributed by atoms with van der Waals surface area (Å²) < 4.78 is 10.9. The molecule has 0 saturated heterocycles. The monoisotopic (exact) mass is 324 g/mol. The highest BCUT2D eigenvalue weighted by Gasteiger charge is 2.09. The molecule has 6 heteroatoms. The Labute approximate surface area is 138 Å². The lowest BCUT2D eigenvalue weighted by Crippen LogP contribution is -2.29. The SMILES string of the molecule is CCCOCCOCCN(CCC)Cc1cccc(C(=O)O)n1. The van der Waals surface area contributed by atoms with Crippen LogP contribution < -0.4 is 0 Å². The molecule has 1 rings (SSSR count). The van der Waals surface area contributed by atoms with Gasteiger partial charge in [-0.3, -0.25) is 4.90 Å². The van der Waals surface area contributed by atoms with Gasteiger partial charge in [0.15, 0.2) is 0 Å². The van der Waals surface area contributed by atoms with Gasteiger partial charge in [-0.1, -0.05) is 19.9 Å². The van der Waals surface area contributed by atoms with Crippen molar-refractivity contribution in [3.63, 3.8) is 0 Å². The minimum atomic E-state index is -0.996. The molecule has 0 spiro atoms. The Morgan fingerprint density at radius 2 is 1.83 bits per heavy atom. The van der Waals surface area contributed by atoms with Crippen LogP contribution in [0.2, 0.25) is 0 Å². The maximum atomic E-state index is 11.0. The van der Waals surface area contributed by atoms with Crippen molar-refractivity contribution in [3.8, 4) is 0 Å². The van der Waals surface area contributed by atoms with Gasteiger partial charge in [-0.2, -0.15) is 0 Å². The second-order valence-corrected chi connectivity index (χ2v) is 5.32. The smallest absolute Gasteiger partial charge is 0.354 e. The third-order valence-electron chi connectivity index (χ3n) is 3.22. The lowest BCUT2D eigenvalue weighted by molar-refractivity contribution is 0.0378. The second-order valence-electron chi connectivity index (χ2n) is 5.32. The van der Waals surface area contributed by atoms with Crippen LogP contribution in [-0.2, 0) is 16.0 Å². The number of pyridine rings is 1. The van der Waals surface area contributed by atoms with Crippen LogP contribution in [0.3, 0.4) is 0 Å². The number of aromatic carboxylic acids is 1. The van der Waals surface area contributed by atoms with Crippen molar-refractivity contribution in [2.24, 2.45) is 0 Å². The van der Waals surface area contributed by atoms with Crippen LogP contribution in [0.1, 0.15) is 42.9 Å². The Kier molecular flexibility index (Phi) is 10.2. The number of carboxylic acids is 1. The summed E-state index contributed by atoms with van der Waals surface area (Å²) >= 11 is 0. The van der Waals surface area contributed by atoms with Crippen LogP contribution in [0, 0.1) is 0 Å². The van der Waals surface area contributed by atoms with Gasteiger partial charge in [0, 0.05) is 19.7 Å². The molecule has 0 aliphatic carbocycles. The highest BCUT2D eigenvalue weighted by Crippen LogP contribution is 2.05. The predicted molar refractivity (Wildman–Crippen MR) is 88.7 cm³/mol. The number of aromatic nitrogens is 1. The van der Waals surface area contributed by atoms with Crippen molar-refractivity contribution in [2.75, 3.05) is 39.5 Å². The van der Waals surface area contributed by atoms with Gasteiger partial charge >= 0.3 is 5.97 Å². The lowest BCUT2D eigenvalue weighted by atomic mass is 10.2. The molecule has 0 aliphatic rings. The molecule has 0 saturated carbocycles. The molecular formula is C17H28N2O4. The van der Waals surface area contributed by atoms with Crippen LogP contribution >= 0.6 is 0 Å². The fourth-order valence-electron chi connectivity index (χ4n) is 2.16. The van der Waals surface area contributed by atoms with Crippen molar-refractivity contribution in [3.05, 3.63) is 29.6 Å². The molecule has 0 fully saturated rings. The Bertz CT molecular complexity index is 454. The molecule has 1 heterocycles. The Morgan fingerprint density at radius 3 is 2.48 bits per heavy atom. The van der Waals surface area contributed by atoms with Gasteiger partial charge in [-0.15, -0.1) is 0 Å². The first-order valence-electron chi connectivity index (χ1n) is 8.24. The first-order valence-corrected chi connectivity index (χ1v) is 8.24. The van der Waals surface area contributed by atoms with E-state index in [0.717, 1.165) is 38.2 Å². The van der Waals surface area contributed by atoms with E-state index < -0.39 is 5.97 Å². The van der Waals surface area contributed by atoms with E-state index in [0.29, 0.717) is 26.4 Å². The van der Waals surface area contributed by atoms with E-state index in [1.54, 1.807) is 6.07 Å². The Balaban J connectivity index is 2.36. The van der Waals surface area contributed by atoms with Gasteiger partial charge in [0.2, 0.25) is 0 Å². The molecular weight excluding hydrogens is 296 g/mol. The van der Waals surface area contributed by atoms with Gasteiger partial charge in [0.1, 0.15) is 5.69 Å². The molecule has 0 atom stereocenters. The maximum absolute atomic E-state index is 11.0. The van der Waals surface area contributed by atoms with Crippen LogP contribution in [-0.4, -0.2) is 60.5 Å². The van der Waals surface area contributed by atoms with Gasteiger partial charge in [-0.05, 0) is 31.5 Å². The van der Waals surface area contributed by atoms with E-state index in [-0.39, 0.29) is 5.69 Å².